The van der Waals surface area contributed by atoms with Gasteiger partial charge in [-0.1, -0.05) is 0 Å². The number of methoxy groups -OCH3 is 1. The number of nitrogens with zero attached hydrogens (tertiary/aromatic N) is 2. The maximum Gasteiger partial charge on any atom is 0.485 e. The van der Waals surface area contributed by atoms with Gasteiger partial charge in [0.15, 0.2) is 16.3 Å². The van der Waals surface area contributed by atoms with Gasteiger partial charge in [0.05, 0.1) is 17.4 Å². The van der Waals surface area contributed by atoms with Gasteiger partial charge < -0.3 is 9.29 Å². The quantitative estimate of drug-likeness (QED) is 0.187. The number of hydrogen-bond donors (Lipinski definition) is 0. The van der Waals surface area contributed by atoms with Crippen molar-refractivity contribution in [3.8, 4) is 0 Å². The van der Waals surface area contributed by atoms with Gasteiger partial charge in [0, 0.05) is 6.07 Å². The van der Waals surface area contributed by atoms with E-state index in [0.29, 0.717) is 10.9 Å². The Kier molecular flexibility index (Phi) is 6.22. The van der Waals surface area contributed by atoms with Crippen molar-refractivity contribution in [1.82, 2.24) is 0 Å². The van der Waals surface area contributed by atoms with Crippen LogP contribution in [-0.4, -0.2) is 36.5 Å². The number of nitro groups is 1. The Morgan fingerprint density at radius 3 is 2.23 bits per heavy atom. The third kappa shape index (κ3) is 4.64. The van der Waals surface area contributed by atoms with Crippen LogP contribution in [0.2, 0.25) is 0 Å². The third-order valence-corrected chi connectivity index (χ3v) is 3.56. The van der Waals surface area contributed by atoms with E-state index in [4.69, 9.17) is 13.0 Å². The Labute approximate surface area is 144 Å². The summed E-state index contributed by atoms with van der Waals surface area (Å²) >= 11 is 0. The van der Waals surface area contributed by atoms with Crippen LogP contribution in [0, 0.1) is 10.1 Å². The SMILES string of the molecule is COC(=O)c1ccc2ccc[n+](C)c2c1[N+](=O)[O-].O=S(=O)([O-])C(F)(F)F. The average molecular weight is 396 g/mol. The first kappa shape index (κ1) is 21.2. The number of aryl methyl sites for hydroxylation is 1. The van der Waals surface area contributed by atoms with E-state index in [1.54, 1.807) is 36.0 Å². The number of alkyl halides is 3. The number of ether oxygens (including phenoxy) is 1. The fourth-order valence-corrected chi connectivity index (χ4v) is 1.91. The van der Waals surface area contributed by atoms with E-state index in [-0.39, 0.29) is 11.3 Å². The van der Waals surface area contributed by atoms with Crippen LogP contribution >= 0.6 is 0 Å². The zero-order valence-electron chi connectivity index (χ0n) is 13.2. The minimum absolute atomic E-state index is 0.0446. The molecule has 1 aromatic carbocycles. The Bertz CT molecular complexity index is 958. The first-order valence-electron chi connectivity index (χ1n) is 6.47. The lowest BCUT2D eigenvalue weighted by Gasteiger charge is -2.08. The summed E-state index contributed by atoms with van der Waals surface area (Å²) in [6.45, 7) is 0. The van der Waals surface area contributed by atoms with E-state index in [2.05, 4.69) is 4.74 Å². The molecule has 26 heavy (non-hydrogen) atoms. The van der Waals surface area contributed by atoms with Gasteiger partial charge in [-0.05, 0) is 18.2 Å². The van der Waals surface area contributed by atoms with Crippen LogP contribution in [0.4, 0.5) is 18.9 Å². The van der Waals surface area contributed by atoms with Crippen LogP contribution in [0.5, 0.6) is 0 Å². The molecule has 0 amide bonds. The summed E-state index contributed by atoms with van der Waals surface area (Å²) in [5.41, 5.74) is -5.53. The number of benzene rings is 1. The Morgan fingerprint density at radius 2 is 1.81 bits per heavy atom. The minimum Gasteiger partial charge on any atom is -0.741 e. The van der Waals surface area contributed by atoms with Crippen molar-refractivity contribution in [2.75, 3.05) is 7.11 Å². The standard InChI is InChI=1S/C12H11N2O4.CHF3O3S/c1-13-7-3-4-8-5-6-9(12(15)18-2)11(10(8)13)14(16)17;2-1(3,4)8(5,6)7/h3-7H,1-2H3;(H,5,6,7)/q+1;/p-1. The lowest BCUT2D eigenvalue weighted by Crippen LogP contribution is -2.29. The molecule has 0 unspecified atom stereocenters. The highest BCUT2D eigenvalue weighted by Gasteiger charge is 2.37. The highest BCUT2D eigenvalue weighted by molar-refractivity contribution is 7.86. The lowest BCUT2D eigenvalue weighted by molar-refractivity contribution is -0.646. The Balaban J connectivity index is 0.000000359. The van der Waals surface area contributed by atoms with Gasteiger partial charge >= 0.3 is 17.2 Å². The number of carbonyl (C=O) groups excluding carboxylic acids is 1. The van der Waals surface area contributed by atoms with Crippen molar-refractivity contribution in [3.63, 3.8) is 0 Å². The molecule has 0 radical (unpaired) electrons. The average Bonchev–Trinajstić information content (AvgIpc) is 2.52. The maximum absolute atomic E-state index is 11.6. The van der Waals surface area contributed by atoms with Crippen LogP contribution in [0.3, 0.4) is 0 Å². The molecule has 2 aromatic rings. The third-order valence-electron chi connectivity index (χ3n) is 2.99. The fraction of sp³-hybridized carbons (Fsp3) is 0.231. The van der Waals surface area contributed by atoms with Gasteiger partial charge in [-0.2, -0.15) is 17.7 Å². The highest BCUT2D eigenvalue weighted by Crippen LogP contribution is 2.27. The fourth-order valence-electron chi connectivity index (χ4n) is 1.91. The van der Waals surface area contributed by atoms with Crippen LogP contribution in [0.1, 0.15) is 10.4 Å². The van der Waals surface area contributed by atoms with Crippen molar-refractivity contribution in [2.45, 2.75) is 5.51 Å². The second kappa shape index (κ2) is 7.61. The second-order valence-corrected chi connectivity index (χ2v) is 6.04. The van der Waals surface area contributed by atoms with Crippen LogP contribution in [0.25, 0.3) is 10.9 Å². The van der Waals surface area contributed by atoms with Crippen molar-refractivity contribution in [3.05, 3.63) is 46.1 Å². The zero-order valence-corrected chi connectivity index (χ0v) is 14.0. The molecule has 0 atom stereocenters. The predicted octanol–water partition coefficient (Wildman–Crippen LogP) is 1.41. The molecule has 2 rings (SSSR count). The van der Waals surface area contributed by atoms with Crippen LogP contribution < -0.4 is 4.57 Å². The summed E-state index contributed by atoms with van der Waals surface area (Å²) in [7, 11) is -3.20. The molecule has 0 aliphatic rings. The number of esters is 1. The van der Waals surface area contributed by atoms with Crippen molar-refractivity contribution >= 4 is 32.7 Å². The summed E-state index contributed by atoms with van der Waals surface area (Å²) in [6, 6.07) is 6.61. The molecule has 13 heteroatoms. The maximum atomic E-state index is 11.6. The van der Waals surface area contributed by atoms with E-state index >= 15 is 0 Å². The van der Waals surface area contributed by atoms with E-state index in [1.807, 2.05) is 0 Å². The normalized spacial score (nSPS) is 11.5. The smallest absolute Gasteiger partial charge is 0.485 e. The summed E-state index contributed by atoms with van der Waals surface area (Å²) in [4.78, 5) is 22.2. The molecule has 1 heterocycles. The second-order valence-electron chi connectivity index (χ2n) is 4.67. The van der Waals surface area contributed by atoms with E-state index in [9.17, 15) is 28.1 Å². The lowest BCUT2D eigenvalue weighted by atomic mass is 10.1. The number of fused-ring (bicyclic) bond motifs is 1. The zero-order chi connectivity index (χ0) is 20.3. The Hall–Kier alpha value is -2.80. The van der Waals surface area contributed by atoms with Gasteiger partial charge in [-0.15, -0.1) is 0 Å². The first-order valence-corrected chi connectivity index (χ1v) is 7.88. The molecule has 1 aromatic heterocycles. The van der Waals surface area contributed by atoms with Crippen molar-refractivity contribution < 1.29 is 45.2 Å². The number of rotatable bonds is 2. The molecule has 0 saturated heterocycles. The predicted molar refractivity (Wildman–Crippen MR) is 78.9 cm³/mol. The van der Waals surface area contributed by atoms with E-state index in [1.165, 1.54) is 13.2 Å². The summed E-state index contributed by atoms with van der Waals surface area (Å²) < 4.78 is 65.1. The molecule has 0 aliphatic heterocycles. The van der Waals surface area contributed by atoms with E-state index in [0.717, 1.165) is 0 Å². The molecule has 0 fully saturated rings. The molecule has 0 bridgehead atoms. The molecule has 0 saturated carbocycles. The van der Waals surface area contributed by atoms with Gasteiger partial charge in [-0.25, -0.2) is 13.2 Å². The molecule has 0 spiro atoms. The molecule has 0 aliphatic carbocycles. The number of halogens is 3. The number of carbonyl (C=O) groups is 1. The Morgan fingerprint density at radius 1 is 1.27 bits per heavy atom. The summed E-state index contributed by atoms with van der Waals surface area (Å²) in [6.07, 6.45) is 1.69. The largest absolute Gasteiger partial charge is 0.741 e. The summed E-state index contributed by atoms with van der Waals surface area (Å²) in [5.74, 6) is -0.715. The monoisotopic (exact) mass is 396 g/mol. The van der Waals surface area contributed by atoms with Gasteiger partial charge in [0.25, 0.3) is 5.52 Å². The topological polar surface area (TPSA) is 131 Å². The molecule has 9 nitrogen and oxygen atoms in total. The van der Waals surface area contributed by atoms with Gasteiger partial charge in [0.2, 0.25) is 0 Å². The number of hydrogen-bond acceptors (Lipinski definition) is 7. The van der Waals surface area contributed by atoms with Gasteiger partial charge in [-0.3, -0.25) is 10.1 Å². The van der Waals surface area contributed by atoms with Crippen LogP contribution in [-0.2, 0) is 21.9 Å². The van der Waals surface area contributed by atoms with Gasteiger partial charge in [0.1, 0.15) is 12.6 Å². The molecular formula is C13H11F3N2O7S. The molecular weight excluding hydrogens is 385 g/mol. The minimum atomic E-state index is -6.09. The number of pyridine rings is 1. The molecule has 142 valence electrons. The first-order chi connectivity index (χ1) is 11.8. The number of aromatic nitrogens is 1. The highest BCUT2D eigenvalue weighted by atomic mass is 32.2. The number of nitro benzene ring substituents is 1. The van der Waals surface area contributed by atoms with Crippen molar-refractivity contribution in [2.24, 2.45) is 7.05 Å². The van der Waals surface area contributed by atoms with Crippen LogP contribution in [0.15, 0.2) is 30.5 Å². The summed E-state index contributed by atoms with van der Waals surface area (Å²) in [5, 5.41) is 11.9. The molecule has 0 N–H and O–H groups in total. The van der Waals surface area contributed by atoms with E-state index < -0.39 is 26.5 Å². The van der Waals surface area contributed by atoms with Crippen molar-refractivity contribution in [1.29, 1.82) is 0 Å².